The molecule has 1 unspecified atom stereocenters. The van der Waals surface area contributed by atoms with Crippen LogP contribution in [0.4, 0.5) is 0 Å². The fourth-order valence-electron chi connectivity index (χ4n) is 1.46. The average molecular weight is 213 g/mol. The maximum absolute atomic E-state index is 10.3. The number of nitrogens with two attached hydrogens (primary N) is 1. The van der Waals surface area contributed by atoms with Crippen LogP contribution in [0.15, 0.2) is 12.2 Å². The molecule has 0 aliphatic heterocycles. The van der Waals surface area contributed by atoms with E-state index in [-0.39, 0.29) is 12.5 Å². The van der Waals surface area contributed by atoms with Gasteiger partial charge in [0.1, 0.15) is 0 Å². The van der Waals surface area contributed by atoms with E-state index in [4.69, 9.17) is 10.8 Å². The molecule has 0 saturated carbocycles. The summed E-state index contributed by atoms with van der Waals surface area (Å²) < 4.78 is 0. The van der Waals surface area contributed by atoms with Crippen LogP contribution in [0.5, 0.6) is 0 Å². The van der Waals surface area contributed by atoms with E-state index in [1.54, 1.807) is 0 Å². The Labute approximate surface area is 92.4 Å². The highest BCUT2D eigenvalue weighted by atomic mass is 16.4. The summed E-state index contributed by atoms with van der Waals surface area (Å²) in [5, 5.41) is 8.49. The number of allylic oxidation sites excluding steroid dienone is 2. The van der Waals surface area contributed by atoms with E-state index in [9.17, 15) is 4.79 Å². The molecule has 3 heteroatoms. The zero-order valence-electron chi connectivity index (χ0n) is 9.61. The van der Waals surface area contributed by atoms with Crippen molar-refractivity contribution < 1.29 is 9.90 Å². The highest BCUT2D eigenvalue weighted by molar-refractivity contribution is 5.67. The third kappa shape index (κ3) is 11.1. The number of hydrogen-bond acceptors (Lipinski definition) is 2. The molecular weight excluding hydrogens is 190 g/mol. The molecular formula is C12H23NO2. The lowest BCUT2D eigenvalue weighted by atomic mass is 10.1. The van der Waals surface area contributed by atoms with Crippen LogP contribution < -0.4 is 5.73 Å². The zero-order chi connectivity index (χ0) is 11.5. The Morgan fingerprint density at radius 2 is 2.07 bits per heavy atom. The molecule has 88 valence electrons. The summed E-state index contributed by atoms with van der Waals surface area (Å²) >= 11 is 0. The summed E-state index contributed by atoms with van der Waals surface area (Å²) in [7, 11) is 0. The lowest BCUT2D eigenvalue weighted by molar-refractivity contribution is -0.137. The van der Waals surface area contributed by atoms with Crippen LogP contribution >= 0.6 is 0 Å². The second kappa shape index (κ2) is 9.71. The van der Waals surface area contributed by atoms with Crippen LogP contribution in [0.1, 0.15) is 51.9 Å². The number of unbranched alkanes of at least 4 members (excludes halogenated alkanes) is 3. The van der Waals surface area contributed by atoms with E-state index in [1.807, 2.05) is 0 Å². The summed E-state index contributed by atoms with van der Waals surface area (Å²) in [6, 6.07) is -0.173. The minimum absolute atomic E-state index is 0.0930. The molecule has 0 saturated heterocycles. The number of carboxylic acids is 1. The maximum atomic E-state index is 10.3. The quantitative estimate of drug-likeness (QED) is 0.457. The fourth-order valence-corrected chi connectivity index (χ4v) is 1.46. The van der Waals surface area contributed by atoms with E-state index in [2.05, 4.69) is 19.1 Å². The SMILES string of the molecule is CC/C=C\CCCCCC(N)CC(=O)O. The van der Waals surface area contributed by atoms with E-state index in [0.29, 0.717) is 0 Å². The average Bonchev–Trinajstić information content (AvgIpc) is 2.15. The monoisotopic (exact) mass is 213 g/mol. The van der Waals surface area contributed by atoms with Crippen LogP contribution in [-0.2, 0) is 4.79 Å². The summed E-state index contributed by atoms with van der Waals surface area (Å²) in [4.78, 5) is 10.3. The summed E-state index contributed by atoms with van der Waals surface area (Å²) in [6.07, 6.45) is 10.9. The van der Waals surface area contributed by atoms with Gasteiger partial charge in [0.2, 0.25) is 0 Å². The Hall–Kier alpha value is -0.830. The first kappa shape index (κ1) is 14.2. The topological polar surface area (TPSA) is 63.3 Å². The molecule has 3 N–H and O–H groups in total. The molecule has 0 radical (unpaired) electrons. The van der Waals surface area contributed by atoms with E-state index < -0.39 is 5.97 Å². The molecule has 0 aliphatic rings. The van der Waals surface area contributed by atoms with Gasteiger partial charge in [-0.1, -0.05) is 31.9 Å². The van der Waals surface area contributed by atoms with Crippen molar-refractivity contribution in [2.24, 2.45) is 5.73 Å². The molecule has 1 atom stereocenters. The first-order valence-corrected chi connectivity index (χ1v) is 5.79. The lowest BCUT2D eigenvalue weighted by Crippen LogP contribution is -2.23. The largest absolute Gasteiger partial charge is 0.481 e. The zero-order valence-corrected chi connectivity index (χ0v) is 9.61. The van der Waals surface area contributed by atoms with Crippen molar-refractivity contribution in [2.75, 3.05) is 0 Å². The standard InChI is InChI=1S/C12H23NO2/c1-2-3-4-5-6-7-8-9-11(13)10-12(14)15/h3-4,11H,2,5-10,13H2,1H3,(H,14,15)/b4-3-. The maximum Gasteiger partial charge on any atom is 0.304 e. The van der Waals surface area contributed by atoms with E-state index in [1.165, 1.54) is 6.42 Å². The van der Waals surface area contributed by atoms with Crippen LogP contribution in [0.25, 0.3) is 0 Å². The molecule has 0 aromatic heterocycles. The Morgan fingerprint density at radius 3 is 2.67 bits per heavy atom. The van der Waals surface area contributed by atoms with Crippen molar-refractivity contribution in [1.29, 1.82) is 0 Å². The summed E-state index contributed by atoms with van der Waals surface area (Å²) in [6.45, 7) is 2.13. The van der Waals surface area contributed by atoms with Crippen molar-refractivity contribution in [3.63, 3.8) is 0 Å². The van der Waals surface area contributed by atoms with Gasteiger partial charge >= 0.3 is 5.97 Å². The van der Waals surface area contributed by atoms with Gasteiger partial charge in [-0.05, 0) is 25.7 Å². The normalized spacial score (nSPS) is 13.2. The predicted octanol–water partition coefficient (Wildman–Crippen LogP) is 2.71. The number of hydrogen-bond donors (Lipinski definition) is 2. The molecule has 15 heavy (non-hydrogen) atoms. The van der Waals surface area contributed by atoms with Crippen LogP contribution in [0.2, 0.25) is 0 Å². The third-order valence-corrected chi connectivity index (χ3v) is 2.28. The van der Waals surface area contributed by atoms with Crippen molar-refractivity contribution >= 4 is 5.97 Å². The van der Waals surface area contributed by atoms with Gasteiger partial charge in [-0.15, -0.1) is 0 Å². The molecule has 0 heterocycles. The number of carbonyl (C=O) groups is 1. The summed E-state index contributed by atoms with van der Waals surface area (Å²) in [5.74, 6) is -0.798. The molecule has 0 aliphatic carbocycles. The van der Waals surface area contributed by atoms with Gasteiger partial charge in [-0.3, -0.25) is 4.79 Å². The van der Waals surface area contributed by atoms with Gasteiger partial charge in [0, 0.05) is 6.04 Å². The smallest absolute Gasteiger partial charge is 0.304 e. The number of rotatable bonds is 9. The predicted molar refractivity (Wildman–Crippen MR) is 62.7 cm³/mol. The van der Waals surface area contributed by atoms with Gasteiger partial charge in [0.05, 0.1) is 6.42 Å². The van der Waals surface area contributed by atoms with Crippen molar-refractivity contribution in [1.82, 2.24) is 0 Å². The molecule has 3 nitrogen and oxygen atoms in total. The molecule has 0 rings (SSSR count). The van der Waals surface area contributed by atoms with Gasteiger partial charge < -0.3 is 10.8 Å². The molecule has 0 aromatic rings. The van der Waals surface area contributed by atoms with E-state index in [0.717, 1.165) is 32.1 Å². The Balaban J connectivity index is 3.23. The lowest BCUT2D eigenvalue weighted by Gasteiger charge is -2.07. The van der Waals surface area contributed by atoms with Gasteiger partial charge in [0.15, 0.2) is 0 Å². The minimum atomic E-state index is -0.798. The number of carboxylic acid groups (broad SMARTS) is 1. The second-order valence-electron chi connectivity index (χ2n) is 3.88. The highest BCUT2D eigenvalue weighted by Gasteiger charge is 2.06. The number of aliphatic carboxylic acids is 1. The Bertz CT molecular complexity index is 190. The summed E-state index contributed by atoms with van der Waals surface area (Å²) in [5.41, 5.74) is 5.64. The third-order valence-electron chi connectivity index (χ3n) is 2.28. The van der Waals surface area contributed by atoms with Crippen LogP contribution in [0.3, 0.4) is 0 Å². The molecule has 0 fully saturated rings. The van der Waals surface area contributed by atoms with Gasteiger partial charge in [-0.2, -0.15) is 0 Å². The molecule has 0 amide bonds. The van der Waals surface area contributed by atoms with Gasteiger partial charge in [-0.25, -0.2) is 0 Å². The fraction of sp³-hybridized carbons (Fsp3) is 0.750. The molecule has 0 aromatic carbocycles. The highest BCUT2D eigenvalue weighted by Crippen LogP contribution is 2.07. The van der Waals surface area contributed by atoms with Crippen LogP contribution in [0, 0.1) is 0 Å². The van der Waals surface area contributed by atoms with Gasteiger partial charge in [0.25, 0.3) is 0 Å². The van der Waals surface area contributed by atoms with Crippen molar-refractivity contribution in [2.45, 2.75) is 57.9 Å². The van der Waals surface area contributed by atoms with Crippen LogP contribution in [-0.4, -0.2) is 17.1 Å². The Morgan fingerprint density at radius 1 is 1.33 bits per heavy atom. The van der Waals surface area contributed by atoms with E-state index >= 15 is 0 Å². The first-order chi connectivity index (χ1) is 7.16. The second-order valence-corrected chi connectivity index (χ2v) is 3.88. The Kier molecular flexibility index (Phi) is 9.18. The molecule has 0 spiro atoms. The minimum Gasteiger partial charge on any atom is -0.481 e. The van der Waals surface area contributed by atoms with Crippen molar-refractivity contribution in [3.8, 4) is 0 Å². The molecule has 0 bridgehead atoms. The van der Waals surface area contributed by atoms with Crippen molar-refractivity contribution in [3.05, 3.63) is 12.2 Å². The first-order valence-electron chi connectivity index (χ1n) is 5.79.